The molecule has 1 aromatic carbocycles. The third kappa shape index (κ3) is 4.13. The van der Waals surface area contributed by atoms with Gasteiger partial charge in [-0.15, -0.1) is 0 Å². The lowest BCUT2D eigenvalue weighted by molar-refractivity contribution is 0.140. The largest absolute Gasteiger partial charge is 0.506 e. The minimum Gasteiger partial charge on any atom is -0.506 e. The molecule has 0 saturated carbocycles. The Hall–Kier alpha value is -1.22. The van der Waals surface area contributed by atoms with Crippen molar-refractivity contribution in [1.82, 2.24) is 4.90 Å². The summed E-state index contributed by atoms with van der Waals surface area (Å²) in [7, 11) is 0. The number of rotatable bonds is 4. The summed E-state index contributed by atoms with van der Waals surface area (Å²) in [6.07, 6.45) is 3.55. The molecule has 0 radical (unpaired) electrons. The Kier molecular flexibility index (Phi) is 4.70. The first-order chi connectivity index (χ1) is 9.04. The maximum atomic E-state index is 9.40. The molecule has 1 aromatic rings. The van der Waals surface area contributed by atoms with Crippen LogP contribution in [0.4, 0.5) is 5.69 Å². The van der Waals surface area contributed by atoms with Crippen LogP contribution in [-0.4, -0.2) is 29.6 Å². The van der Waals surface area contributed by atoms with Gasteiger partial charge in [-0.3, -0.25) is 0 Å². The number of aromatic hydroxyl groups is 1. The molecule has 1 aliphatic heterocycles. The molecule has 1 saturated heterocycles. The zero-order valence-electron chi connectivity index (χ0n) is 12.1. The van der Waals surface area contributed by atoms with Crippen LogP contribution in [0.25, 0.3) is 0 Å². The van der Waals surface area contributed by atoms with E-state index in [4.69, 9.17) is 5.73 Å². The average Bonchev–Trinajstić information content (AvgIpc) is 2.32. The topological polar surface area (TPSA) is 49.5 Å². The highest BCUT2D eigenvalue weighted by Gasteiger charge is 2.20. The van der Waals surface area contributed by atoms with Crippen LogP contribution >= 0.6 is 0 Å². The Bertz CT molecular complexity index is 409. The summed E-state index contributed by atoms with van der Waals surface area (Å²) < 4.78 is 0. The van der Waals surface area contributed by atoms with Gasteiger partial charge in [0.25, 0.3) is 0 Å². The highest BCUT2D eigenvalue weighted by atomic mass is 16.3. The zero-order valence-corrected chi connectivity index (χ0v) is 12.1. The van der Waals surface area contributed by atoms with Crippen LogP contribution in [-0.2, 0) is 6.42 Å². The fraction of sp³-hybridized carbons (Fsp3) is 0.625. The molecule has 2 unspecified atom stereocenters. The van der Waals surface area contributed by atoms with Gasteiger partial charge in [-0.05, 0) is 55.3 Å². The molecule has 3 nitrogen and oxygen atoms in total. The number of nitrogen functional groups attached to an aromatic ring is 1. The van der Waals surface area contributed by atoms with Crippen LogP contribution in [0.15, 0.2) is 18.2 Å². The molecule has 1 heterocycles. The van der Waals surface area contributed by atoms with Crippen LogP contribution in [0.5, 0.6) is 5.75 Å². The van der Waals surface area contributed by atoms with Crippen molar-refractivity contribution >= 4 is 5.69 Å². The number of hydrogen-bond donors (Lipinski definition) is 2. The van der Waals surface area contributed by atoms with Crippen molar-refractivity contribution in [2.45, 2.75) is 33.1 Å². The molecule has 106 valence electrons. The molecule has 0 aromatic heterocycles. The number of benzene rings is 1. The summed E-state index contributed by atoms with van der Waals surface area (Å²) >= 11 is 0. The highest BCUT2D eigenvalue weighted by molar-refractivity contribution is 5.53. The average molecular weight is 262 g/mol. The van der Waals surface area contributed by atoms with Crippen LogP contribution in [0.3, 0.4) is 0 Å². The van der Waals surface area contributed by atoms with Crippen molar-refractivity contribution in [3.05, 3.63) is 23.8 Å². The van der Waals surface area contributed by atoms with Crippen molar-refractivity contribution in [3.63, 3.8) is 0 Å². The monoisotopic (exact) mass is 262 g/mol. The number of nitrogens with two attached hydrogens (primary N) is 1. The van der Waals surface area contributed by atoms with Crippen LogP contribution < -0.4 is 5.73 Å². The normalized spacial score (nSPS) is 24.5. The lowest BCUT2D eigenvalue weighted by atomic mass is 9.92. The maximum Gasteiger partial charge on any atom is 0.138 e. The van der Waals surface area contributed by atoms with E-state index in [1.807, 2.05) is 12.1 Å². The summed E-state index contributed by atoms with van der Waals surface area (Å²) in [5, 5.41) is 9.40. The van der Waals surface area contributed by atoms with E-state index in [2.05, 4.69) is 18.7 Å². The second kappa shape index (κ2) is 6.29. The van der Waals surface area contributed by atoms with Crippen LogP contribution in [0, 0.1) is 11.8 Å². The van der Waals surface area contributed by atoms with Crippen LogP contribution in [0.1, 0.15) is 32.3 Å². The fourth-order valence-corrected chi connectivity index (χ4v) is 3.24. The van der Waals surface area contributed by atoms with Crippen molar-refractivity contribution < 1.29 is 5.11 Å². The molecule has 0 bridgehead atoms. The van der Waals surface area contributed by atoms with Gasteiger partial charge in [0.2, 0.25) is 0 Å². The van der Waals surface area contributed by atoms with E-state index in [1.165, 1.54) is 25.1 Å². The number of hydrogen-bond acceptors (Lipinski definition) is 3. The fourth-order valence-electron chi connectivity index (χ4n) is 3.24. The molecular formula is C16H26N2O. The summed E-state index contributed by atoms with van der Waals surface area (Å²) in [6.45, 7) is 8.34. The van der Waals surface area contributed by atoms with Gasteiger partial charge in [0, 0.05) is 13.1 Å². The van der Waals surface area contributed by atoms with Crippen molar-refractivity contribution in [2.24, 2.45) is 11.8 Å². The number of likely N-dealkylation sites (tertiary alicyclic amines) is 1. The minimum atomic E-state index is 0.183. The van der Waals surface area contributed by atoms with E-state index in [0.717, 1.165) is 31.2 Å². The molecule has 3 N–H and O–H groups in total. The summed E-state index contributed by atoms with van der Waals surface area (Å²) in [5.74, 6) is 1.84. The van der Waals surface area contributed by atoms with Crippen LogP contribution in [0.2, 0.25) is 0 Å². The third-order valence-electron chi connectivity index (χ3n) is 3.98. The molecule has 2 atom stereocenters. The SMILES string of the molecule is CC1CC(C)CN(CCCc2ccc(O)c(N)c2)C1. The highest BCUT2D eigenvalue weighted by Crippen LogP contribution is 2.23. The number of anilines is 1. The van der Waals surface area contributed by atoms with E-state index in [9.17, 15) is 5.11 Å². The lowest BCUT2D eigenvalue weighted by Gasteiger charge is -2.34. The molecular weight excluding hydrogens is 236 g/mol. The predicted octanol–water partition coefficient (Wildman–Crippen LogP) is 2.88. The van der Waals surface area contributed by atoms with Gasteiger partial charge in [0.1, 0.15) is 5.75 Å². The van der Waals surface area contributed by atoms with E-state index in [1.54, 1.807) is 6.07 Å². The zero-order chi connectivity index (χ0) is 13.8. The van der Waals surface area contributed by atoms with Gasteiger partial charge < -0.3 is 15.7 Å². The van der Waals surface area contributed by atoms with E-state index in [0.29, 0.717) is 5.69 Å². The number of phenols is 1. The summed E-state index contributed by atoms with van der Waals surface area (Å²) in [4.78, 5) is 2.59. The Balaban J connectivity index is 1.78. The molecule has 3 heteroatoms. The molecule has 0 amide bonds. The standard InChI is InChI=1S/C16H26N2O/c1-12-8-13(2)11-18(10-12)7-3-4-14-5-6-16(19)15(17)9-14/h5-6,9,12-13,19H,3-4,7-8,10-11,17H2,1-2H3. The van der Waals surface area contributed by atoms with Gasteiger partial charge in [-0.2, -0.15) is 0 Å². The smallest absolute Gasteiger partial charge is 0.138 e. The molecule has 1 aliphatic rings. The Labute approximate surface area is 116 Å². The first-order valence-corrected chi connectivity index (χ1v) is 7.34. The number of phenolic OH excluding ortho intramolecular Hbond substituents is 1. The van der Waals surface area contributed by atoms with Crippen molar-refractivity contribution in [1.29, 1.82) is 0 Å². The van der Waals surface area contributed by atoms with Crippen molar-refractivity contribution in [3.8, 4) is 5.75 Å². The first kappa shape index (κ1) is 14.2. The van der Waals surface area contributed by atoms with E-state index < -0.39 is 0 Å². The molecule has 19 heavy (non-hydrogen) atoms. The second-order valence-corrected chi connectivity index (χ2v) is 6.20. The molecule has 1 fully saturated rings. The molecule has 0 spiro atoms. The maximum absolute atomic E-state index is 9.40. The number of nitrogens with zero attached hydrogens (tertiary/aromatic N) is 1. The Morgan fingerprint density at radius 3 is 2.58 bits per heavy atom. The van der Waals surface area contributed by atoms with E-state index >= 15 is 0 Å². The summed E-state index contributed by atoms with van der Waals surface area (Å²) in [6, 6.07) is 5.54. The second-order valence-electron chi connectivity index (χ2n) is 6.20. The third-order valence-corrected chi connectivity index (χ3v) is 3.98. The number of piperidine rings is 1. The Morgan fingerprint density at radius 1 is 1.26 bits per heavy atom. The van der Waals surface area contributed by atoms with E-state index in [-0.39, 0.29) is 5.75 Å². The lowest BCUT2D eigenvalue weighted by Crippen LogP contribution is -2.39. The number of aryl methyl sites for hydroxylation is 1. The predicted molar refractivity (Wildman–Crippen MR) is 80.2 cm³/mol. The van der Waals surface area contributed by atoms with Crippen molar-refractivity contribution in [2.75, 3.05) is 25.4 Å². The Morgan fingerprint density at radius 2 is 1.95 bits per heavy atom. The van der Waals surface area contributed by atoms with Gasteiger partial charge in [-0.1, -0.05) is 19.9 Å². The van der Waals surface area contributed by atoms with Gasteiger partial charge in [-0.25, -0.2) is 0 Å². The minimum absolute atomic E-state index is 0.183. The molecule has 0 aliphatic carbocycles. The summed E-state index contributed by atoms with van der Waals surface area (Å²) in [5.41, 5.74) is 7.41. The quantitative estimate of drug-likeness (QED) is 0.648. The first-order valence-electron chi connectivity index (χ1n) is 7.34. The van der Waals surface area contributed by atoms with Gasteiger partial charge in [0.15, 0.2) is 0 Å². The van der Waals surface area contributed by atoms with Gasteiger partial charge >= 0.3 is 0 Å². The molecule has 2 rings (SSSR count). The van der Waals surface area contributed by atoms with Gasteiger partial charge in [0.05, 0.1) is 5.69 Å².